The van der Waals surface area contributed by atoms with E-state index >= 15 is 0 Å². The molecule has 1 fully saturated rings. The van der Waals surface area contributed by atoms with Crippen LogP contribution in [0.4, 0.5) is 11.9 Å². The Bertz CT molecular complexity index is 682. The number of hydrazine groups is 1. The first kappa shape index (κ1) is 23.7. The number of hydrogen-bond acceptors (Lipinski definition) is 9. The molecule has 1 aliphatic heterocycles. The molecule has 11 heteroatoms. The highest BCUT2D eigenvalue weighted by atomic mass is 16.5. The van der Waals surface area contributed by atoms with Crippen LogP contribution in [0, 0.1) is 12.8 Å². The summed E-state index contributed by atoms with van der Waals surface area (Å²) in [5, 5.41) is 9.99. The third-order valence-electron chi connectivity index (χ3n) is 5.19. The van der Waals surface area contributed by atoms with E-state index in [-0.39, 0.29) is 18.4 Å². The zero-order chi connectivity index (χ0) is 21.9. The van der Waals surface area contributed by atoms with Gasteiger partial charge in [0.2, 0.25) is 24.2 Å². The van der Waals surface area contributed by atoms with E-state index in [0.29, 0.717) is 29.7 Å². The second kappa shape index (κ2) is 12.2. The minimum absolute atomic E-state index is 0.0656. The summed E-state index contributed by atoms with van der Waals surface area (Å²) in [5.74, 6) is 0.521. The minimum Gasteiger partial charge on any atom is -0.338 e. The highest BCUT2D eigenvalue weighted by molar-refractivity contribution is 5.80. The molecule has 0 aliphatic carbocycles. The number of hydrogen-bond donors (Lipinski definition) is 3. The second-order valence-corrected chi connectivity index (χ2v) is 7.46. The van der Waals surface area contributed by atoms with Crippen molar-refractivity contribution in [3.05, 3.63) is 5.82 Å². The Morgan fingerprint density at radius 1 is 1.20 bits per heavy atom. The van der Waals surface area contributed by atoms with Crippen LogP contribution in [0.5, 0.6) is 0 Å². The number of nitrogens with one attached hydrogen (secondary N) is 2. The van der Waals surface area contributed by atoms with Crippen LogP contribution >= 0.6 is 0 Å². The molecule has 1 aliphatic rings. The molecule has 1 aromatic heterocycles. The number of rotatable bonds is 12. The number of carbonyl (C=O) groups is 2. The molecule has 0 radical (unpaired) electrons. The molecule has 30 heavy (non-hydrogen) atoms. The third-order valence-corrected chi connectivity index (χ3v) is 5.19. The molecule has 1 saturated heterocycles. The smallest absolute Gasteiger partial charge is 0.246 e. The molecule has 0 spiro atoms. The fourth-order valence-corrected chi connectivity index (χ4v) is 3.36. The minimum atomic E-state index is -0.538. The fourth-order valence-electron chi connectivity index (χ4n) is 3.36. The van der Waals surface area contributed by atoms with Crippen LogP contribution < -0.4 is 15.8 Å². The van der Waals surface area contributed by atoms with Crippen molar-refractivity contribution in [2.75, 3.05) is 49.6 Å². The van der Waals surface area contributed by atoms with Crippen LogP contribution in [-0.4, -0.2) is 81.7 Å². The molecule has 3 N–H and O–H groups in total. The first-order valence-electron chi connectivity index (χ1n) is 10.6. The Morgan fingerprint density at radius 3 is 2.57 bits per heavy atom. The molecular formula is C19H34N8O3. The molecule has 0 saturated carbocycles. The standard InChI is InChI=1S/C19H34N8O3/c1-4-6-7-8-16(13-27(30)14-28)17(29)23-24-18-20-15(3)21-19(22-18)26-11-9-25(5-2)10-12-26/h14,16,30H,4-13H2,1-3H3,(H,23,29)(H,20,21,22,24)/t16-/m1/s1. The highest BCUT2D eigenvalue weighted by Crippen LogP contribution is 2.14. The van der Waals surface area contributed by atoms with E-state index in [0.717, 1.165) is 52.0 Å². The molecule has 1 aromatic rings. The van der Waals surface area contributed by atoms with Crippen molar-refractivity contribution >= 4 is 24.2 Å². The summed E-state index contributed by atoms with van der Waals surface area (Å²) < 4.78 is 0. The Balaban J connectivity index is 1.98. The molecule has 2 amide bonds. The summed E-state index contributed by atoms with van der Waals surface area (Å²) in [5.41, 5.74) is 5.37. The number of likely N-dealkylation sites (N-methyl/N-ethyl adjacent to an activating group) is 1. The van der Waals surface area contributed by atoms with Gasteiger partial charge in [-0.05, 0) is 19.9 Å². The largest absolute Gasteiger partial charge is 0.338 e. The zero-order valence-electron chi connectivity index (χ0n) is 18.2. The van der Waals surface area contributed by atoms with Gasteiger partial charge in [-0.1, -0.05) is 33.1 Å². The lowest BCUT2D eigenvalue weighted by Gasteiger charge is -2.34. The quantitative estimate of drug-likeness (QED) is 0.194. The number of anilines is 2. The topological polar surface area (TPSA) is 127 Å². The summed E-state index contributed by atoms with van der Waals surface area (Å²) in [7, 11) is 0. The molecule has 0 bridgehead atoms. The number of amides is 2. The maximum absolute atomic E-state index is 12.6. The van der Waals surface area contributed by atoms with Gasteiger partial charge in [-0.15, -0.1) is 0 Å². The summed E-state index contributed by atoms with van der Waals surface area (Å²) in [6.45, 7) is 10.5. The molecule has 0 unspecified atom stereocenters. The van der Waals surface area contributed by atoms with Gasteiger partial charge in [-0.2, -0.15) is 15.0 Å². The van der Waals surface area contributed by atoms with Crippen molar-refractivity contribution in [3.63, 3.8) is 0 Å². The summed E-state index contributed by atoms with van der Waals surface area (Å²) in [4.78, 5) is 40.9. The van der Waals surface area contributed by atoms with Gasteiger partial charge in [-0.3, -0.25) is 25.6 Å². The zero-order valence-corrected chi connectivity index (χ0v) is 18.2. The van der Waals surface area contributed by atoms with Gasteiger partial charge in [0.15, 0.2) is 0 Å². The molecule has 168 valence electrons. The van der Waals surface area contributed by atoms with Crippen molar-refractivity contribution < 1.29 is 14.8 Å². The molecule has 1 atom stereocenters. The number of carbonyl (C=O) groups excluding carboxylic acids is 2. The van der Waals surface area contributed by atoms with Crippen LogP contribution in [0.25, 0.3) is 0 Å². The van der Waals surface area contributed by atoms with E-state index in [1.807, 2.05) is 0 Å². The normalized spacial score (nSPS) is 15.5. The number of piperazine rings is 1. The summed E-state index contributed by atoms with van der Waals surface area (Å²) in [6, 6.07) is 0. The summed E-state index contributed by atoms with van der Waals surface area (Å²) in [6.07, 6.45) is 3.69. The van der Waals surface area contributed by atoms with Crippen LogP contribution in [0.2, 0.25) is 0 Å². The van der Waals surface area contributed by atoms with Gasteiger partial charge in [-0.25, -0.2) is 5.06 Å². The van der Waals surface area contributed by atoms with Crippen molar-refractivity contribution in [1.29, 1.82) is 0 Å². The lowest BCUT2D eigenvalue weighted by atomic mass is 10.0. The van der Waals surface area contributed by atoms with Gasteiger partial charge in [0.1, 0.15) is 5.82 Å². The van der Waals surface area contributed by atoms with E-state index in [4.69, 9.17) is 0 Å². The van der Waals surface area contributed by atoms with E-state index < -0.39 is 5.92 Å². The monoisotopic (exact) mass is 422 g/mol. The predicted octanol–water partition coefficient (Wildman–Crippen LogP) is 0.809. The van der Waals surface area contributed by atoms with Crippen LogP contribution in [-0.2, 0) is 9.59 Å². The van der Waals surface area contributed by atoms with Crippen molar-refractivity contribution in [2.45, 2.75) is 46.5 Å². The van der Waals surface area contributed by atoms with Gasteiger partial charge in [0.25, 0.3) is 0 Å². The Labute approximate surface area is 177 Å². The number of aryl methyl sites for hydroxylation is 1. The maximum Gasteiger partial charge on any atom is 0.246 e. The number of aromatic nitrogens is 3. The average Bonchev–Trinajstić information content (AvgIpc) is 2.76. The van der Waals surface area contributed by atoms with E-state index in [1.165, 1.54) is 0 Å². The molecule has 2 rings (SSSR count). The SMILES string of the molecule is CCCCC[C@H](CN(O)C=O)C(=O)NNc1nc(C)nc(N2CCN(CC)CC2)n1. The summed E-state index contributed by atoms with van der Waals surface area (Å²) >= 11 is 0. The molecule has 2 heterocycles. The lowest BCUT2D eigenvalue weighted by Crippen LogP contribution is -2.47. The first-order chi connectivity index (χ1) is 14.5. The highest BCUT2D eigenvalue weighted by Gasteiger charge is 2.22. The maximum atomic E-state index is 12.6. The van der Waals surface area contributed by atoms with Crippen LogP contribution in [0.3, 0.4) is 0 Å². The second-order valence-electron chi connectivity index (χ2n) is 7.46. The van der Waals surface area contributed by atoms with Gasteiger partial charge >= 0.3 is 0 Å². The van der Waals surface area contributed by atoms with E-state index in [1.54, 1.807) is 6.92 Å². The van der Waals surface area contributed by atoms with E-state index in [9.17, 15) is 14.8 Å². The van der Waals surface area contributed by atoms with Gasteiger partial charge in [0.05, 0.1) is 12.5 Å². The van der Waals surface area contributed by atoms with Crippen molar-refractivity contribution in [2.24, 2.45) is 5.92 Å². The van der Waals surface area contributed by atoms with Gasteiger partial charge < -0.3 is 9.80 Å². The fraction of sp³-hybridized carbons (Fsp3) is 0.737. The molecule has 0 aromatic carbocycles. The van der Waals surface area contributed by atoms with Gasteiger partial charge in [0, 0.05) is 26.2 Å². The van der Waals surface area contributed by atoms with Crippen molar-refractivity contribution in [3.8, 4) is 0 Å². The number of nitrogens with zero attached hydrogens (tertiary/aromatic N) is 6. The Hall–Kier alpha value is -2.53. The lowest BCUT2D eigenvalue weighted by molar-refractivity contribution is -0.154. The Kier molecular flexibility index (Phi) is 9.68. The number of unbranched alkanes of at least 4 members (excludes halogenated alkanes) is 2. The van der Waals surface area contributed by atoms with Crippen LogP contribution in [0.1, 0.15) is 45.4 Å². The third kappa shape index (κ3) is 7.38. The van der Waals surface area contributed by atoms with E-state index in [2.05, 4.69) is 49.5 Å². The first-order valence-corrected chi connectivity index (χ1v) is 10.6. The number of hydroxylamine groups is 2. The predicted molar refractivity (Wildman–Crippen MR) is 113 cm³/mol. The molecular weight excluding hydrogens is 388 g/mol. The molecule has 11 nitrogen and oxygen atoms in total. The Morgan fingerprint density at radius 2 is 1.93 bits per heavy atom. The van der Waals surface area contributed by atoms with Crippen LogP contribution in [0.15, 0.2) is 0 Å². The average molecular weight is 423 g/mol. The van der Waals surface area contributed by atoms with Crippen molar-refractivity contribution in [1.82, 2.24) is 30.3 Å².